The van der Waals surface area contributed by atoms with E-state index in [-0.39, 0.29) is 0 Å². The van der Waals surface area contributed by atoms with Gasteiger partial charge in [-0.05, 0) is 62.4 Å². The molecule has 1 aromatic rings. The fourth-order valence-corrected chi connectivity index (χ4v) is 3.46. The Morgan fingerprint density at radius 3 is 2.52 bits per heavy atom. The fourth-order valence-electron chi connectivity index (χ4n) is 3.46. The van der Waals surface area contributed by atoms with Crippen LogP contribution in [0.5, 0.6) is 0 Å². The molecule has 1 N–H and O–H groups in total. The summed E-state index contributed by atoms with van der Waals surface area (Å²) in [5, 5.41) is 3.76. The Hall–Kier alpha value is -1.04. The lowest BCUT2D eigenvalue weighted by Crippen LogP contribution is -2.48. The van der Waals surface area contributed by atoms with E-state index in [0.29, 0.717) is 18.6 Å². The van der Waals surface area contributed by atoms with Crippen molar-refractivity contribution in [2.75, 3.05) is 26.8 Å². The number of halogens is 2. The minimum Gasteiger partial charge on any atom is -0.383 e. The Labute approximate surface area is 137 Å². The van der Waals surface area contributed by atoms with Crippen LogP contribution >= 0.6 is 0 Å². The molecule has 3 rings (SSSR count). The molecule has 3 nitrogen and oxygen atoms in total. The van der Waals surface area contributed by atoms with Gasteiger partial charge in [0, 0.05) is 25.7 Å². The van der Waals surface area contributed by atoms with Crippen LogP contribution < -0.4 is 5.32 Å². The topological polar surface area (TPSA) is 24.5 Å². The van der Waals surface area contributed by atoms with Crippen LogP contribution in [0.1, 0.15) is 31.2 Å². The molecule has 5 heteroatoms. The van der Waals surface area contributed by atoms with Crippen LogP contribution in [0.2, 0.25) is 0 Å². The van der Waals surface area contributed by atoms with E-state index in [1.807, 2.05) is 0 Å². The highest BCUT2D eigenvalue weighted by molar-refractivity contribution is 5.17. The quantitative estimate of drug-likeness (QED) is 0.834. The van der Waals surface area contributed by atoms with Gasteiger partial charge in [-0.15, -0.1) is 0 Å². The summed E-state index contributed by atoms with van der Waals surface area (Å²) in [6.07, 6.45) is 4.82. The Morgan fingerprint density at radius 1 is 1.17 bits per heavy atom. The van der Waals surface area contributed by atoms with Gasteiger partial charge in [-0.1, -0.05) is 6.07 Å². The first kappa shape index (κ1) is 16.8. The predicted octanol–water partition coefficient (Wildman–Crippen LogP) is 2.94. The number of ether oxygens (including phenoxy) is 1. The van der Waals surface area contributed by atoms with Crippen molar-refractivity contribution in [3.63, 3.8) is 0 Å². The first-order valence-electron chi connectivity index (χ1n) is 8.57. The lowest BCUT2D eigenvalue weighted by atomic mass is 10.0. The molecule has 1 saturated carbocycles. The van der Waals surface area contributed by atoms with Crippen molar-refractivity contribution in [1.82, 2.24) is 10.2 Å². The second kappa shape index (κ2) is 7.69. The summed E-state index contributed by atoms with van der Waals surface area (Å²) in [6.45, 7) is 3.45. The third-order valence-corrected chi connectivity index (χ3v) is 4.96. The van der Waals surface area contributed by atoms with E-state index in [0.717, 1.165) is 44.0 Å². The molecule has 1 atom stereocenters. The number of nitrogens with one attached hydrogen (secondary N) is 1. The van der Waals surface area contributed by atoms with Crippen LogP contribution in [0.15, 0.2) is 18.2 Å². The summed E-state index contributed by atoms with van der Waals surface area (Å²) in [7, 11) is 1.77. The molecule has 23 heavy (non-hydrogen) atoms. The van der Waals surface area contributed by atoms with E-state index < -0.39 is 11.6 Å². The monoisotopic (exact) mass is 324 g/mol. The van der Waals surface area contributed by atoms with Gasteiger partial charge in [0.2, 0.25) is 0 Å². The summed E-state index contributed by atoms with van der Waals surface area (Å²) in [6, 6.07) is 5.22. The van der Waals surface area contributed by atoms with E-state index in [1.165, 1.54) is 25.0 Å². The van der Waals surface area contributed by atoms with E-state index in [9.17, 15) is 8.78 Å². The first-order valence-corrected chi connectivity index (χ1v) is 8.57. The predicted molar refractivity (Wildman–Crippen MR) is 86.2 cm³/mol. The number of piperidine rings is 1. The van der Waals surface area contributed by atoms with Crippen molar-refractivity contribution in [3.05, 3.63) is 35.4 Å². The maximum absolute atomic E-state index is 13.3. The SMILES string of the molecule is COCC(NC1CCN(Cc2ccc(F)c(F)c2)CC1)C1CC1. The lowest BCUT2D eigenvalue weighted by Gasteiger charge is -2.34. The summed E-state index contributed by atoms with van der Waals surface area (Å²) in [5.74, 6) is -0.748. The summed E-state index contributed by atoms with van der Waals surface area (Å²) in [5.41, 5.74) is 0.838. The molecule has 1 saturated heterocycles. The van der Waals surface area contributed by atoms with Crippen molar-refractivity contribution in [1.29, 1.82) is 0 Å². The van der Waals surface area contributed by atoms with Gasteiger partial charge in [0.25, 0.3) is 0 Å². The maximum atomic E-state index is 13.3. The van der Waals surface area contributed by atoms with E-state index in [2.05, 4.69) is 10.2 Å². The number of likely N-dealkylation sites (tertiary alicyclic amines) is 1. The molecule has 0 amide bonds. The molecule has 0 bridgehead atoms. The van der Waals surface area contributed by atoms with Gasteiger partial charge in [0.1, 0.15) is 0 Å². The number of hydrogen-bond acceptors (Lipinski definition) is 3. The van der Waals surface area contributed by atoms with Crippen LogP contribution in [0.3, 0.4) is 0 Å². The highest BCUT2D eigenvalue weighted by Crippen LogP contribution is 2.33. The zero-order chi connectivity index (χ0) is 16.2. The lowest BCUT2D eigenvalue weighted by molar-refractivity contribution is 0.132. The molecule has 2 fully saturated rings. The van der Waals surface area contributed by atoms with Gasteiger partial charge in [0.15, 0.2) is 11.6 Å². The van der Waals surface area contributed by atoms with Crippen LogP contribution in [-0.4, -0.2) is 43.8 Å². The average molecular weight is 324 g/mol. The number of methoxy groups -OCH3 is 1. The second-order valence-corrected chi connectivity index (χ2v) is 6.86. The molecule has 2 aliphatic rings. The Bertz CT molecular complexity index is 514. The molecular weight excluding hydrogens is 298 g/mol. The standard InChI is InChI=1S/C18H26F2N2O/c1-23-12-18(14-3-4-14)21-15-6-8-22(9-7-15)11-13-2-5-16(19)17(20)10-13/h2,5,10,14-15,18,21H,3-4,6-9,11-12H2,1H3. The van der Waals surface area contributed by atoms with E-state index >= 15 is 0 Å². The average Bonchev–Trinajstić information content (AvgIpc) is 3.37. The molecule has 1 aliphatic carbocycles. The molecule has 1 unspecified atom stereocenters. The van der Waals surface area contributed by atoms with Crippen molar-refractivity contribution in [2.24, 2.45) is 5.92 Å². The Morgan fingerprint density at radius 2 is 1.91 bits per heavy atom. The molecule has 1 heterocycles. The van der Waals surface area contributed by atoms with Crippen LogP contribution in [0.25, 0.3) is 0 Å². The third-order valence-electron chi connectivity index (χ3n) is 4.96. The Kier molecular flexibility index (Phi) is 5.62. The smallest absolute Gasteiger partial charge is 0.159 e. The molecule has 1 aromatic carbocycles. The molecular formula is C18H26F2N2O. The minimum atomic E-state index is -0.777. The second-order valence-electron chi connectivity index (χ2n) is 6.86. The molecule has 0 spiro atoms. The Balaban J connectivity index is 1.45. The molecule has 128 valence electrons. The zero-order valence-electron chi connectivity index (χ0n) is 13.7. The van der Waals surface area contributed by atoms with Crippen molar-refractivity contribution in [2.45, 2.75) is 44.3 Å². The van der Waals surface area contributed by atoms with Crippen molar-refractivity contribution in [3.8, 4) is 0 Å². The van der Waals surface area contributed by atoms with E-state index in [4.69, 9.17) is 4.74 Å². The van der Waals surface area contributed by atoms with Gasteiger partial charge in [-0.25, -0.2) is 8.78 Å². The van der Waals surface area contributed by atoms with E-state index in [1.54, 1.807) is 13.2 Å². The van der Waals surface area contributed by atoms with Gasteiger partial charge in [0.05, 0.1) is 6.61 Å². The fraction of sp³-hybridized carbons (Fsp3) is 0.667. The van der Waals surface area contributed by atoms with Crippen molar-refractivity contribution < 1.29 is 13.5 Å². The minimum absolute atomic E-state index is 0.489. The zero-order valence-corrected chi connectivity index (χ0v) is 13.7. The van der Waals surface area contributed by atoms with Gasteiger partial charge in [-0.3, -0.25) is 4.90 Å². The molecule has 0 aromatic heterocycles. The maximum Gasteiger partial charge on any atom is 0.159 e. The molecule has 1 aliphatic heterocycles. The number of benzene rings is 1. The summed E-state index contributed by atoms with van der Waals surface area (Å²) in [4.78, 5) is 2.31. The van der Waals surface area contributed by atoms with Crippen LogP contribution in [0, 0.1) is 17.6 Å². The van der Waals surface area contributed by atoms with Gasteiger partial charge < -0.3 is 10.1 Å². The van der Waals surface area contributed by atoms with Crippen LogP contribution in [-0.2, 0) is 11.3 Å². The number of rotatable bonds is 7. The normalized spacial score (nSPS) is 21.5. The van der Waals surface area contributed by atoms with Gasteiger partial charge in [-0.2, -0.15) is 0 Å². The highest BCUT2D eigenvalue weighted by atomic mass is 19.2. The largest absolute Gasteiger partial charge is 0.383 e. The summed E-state index contributed by atoms with van der Waals surface area (Å²) < 4.78 is 31.6. The number of nitrogens with zero attached hydrogens (tertiary/aromatic N) is 1. The summed E-state index contributed by atoms with van der Waals surface area (Å²) >= 11 is 0. The third kappa shape index (κ3) is 4.72. The number of hydrogen-bond donors (Lipinski definition) is 1. The van der Waals surface area contributed by atoms with Crippen LogP contribution in [0.4, 0.5) is 8.78 Å². The highest BCUT2D eigenvalue weighted by Gasteiger charge is 2.33. The van der Waals surface area contributed by atoms with Crippen molar-refractivity contribution >= 4 is 0 Å². The first-order chi connectivity index (χ1) is 11.2. The van der Waals surface area contributed by atoms with Gasteiger partial charge >= 0.3 is 0 Å². The molecule has 0 radical (unpaired) electrons.